The third-order valence-electron chi connectivity index (χ3n) is 2.30. The molecule has 1 aromatic heterocycles. The molecular formula is C7H13N5. The number of aromatic nitrogens is 3. The van der Waals surface area contributed by atoms with E-state index in [9.17, 15) is 0 Å². The van der Waals surface area contributed by atoms with Crippen LogP contribution < -0.4 is 11.5 Å². The Morgan fingerprint density at radius 3 is 2.83 bits per heavy atom. The summed E-state index contributed by atoms with van der Waals surface area (Å²) in [6.45, 7) is 0. The lowest BCUT2D eigenvalue weighted by Gasteiger charge is -2.06. The Bertz CT molecular complexity index is 269. The summed E-state index contributed by atoms with van der Waals surface area (Å²) in [7, 11) is 0. The van der Waals surface area contributed by atoms with Crippen LogP contribution in [0.25, 0.3) is 0 Å². The quantitative estimate of drug-likeness (QED) is 0.612. The van der Waals surface area contributed by atoms with Gasteiger partial charge >= 0.3 is 0 Å². The summed E-state index contributed by atoms with van der Waals surface area (Å²) in [4.78, 5) is 1.68. The summed E-state index contributed by atoms with van der Waals surface area (Å²) in [5.41, 5.74) is 11.2. The van der Waals surface area contributed by atoms with Crippen LogP contribution in [0.2, 0.25) is 0 Å². The molecular weight excluding hydrogens is 154 g/mol. The predicted molar refractivity (Wildman–Crippen MR) is 45.3 cm³/mol. The van der Waals surface area contributed by atoms with Gasteiger partial charge in [0.1, 0.15) is 0 Å². The first kappa shape index (κ1) is 7.54. The Morgan fingerprint density at radius 2 is 2.33 bits per heavy atom. The van der Waals surface area contributed by atoms with Crippen LogP contribution >= 0.6 is 0 Å². The molecule has 5 nitrogen and oxygen atoms in total. The van der Waals surface area contributed by atoms with Gasteiger partial charge in [-0.25, -0.2) is 0 Å². The highest BCUT2D eigenvalue weighted by Gasteiger charge is 2.24. The Kier molecular flexibility index (Phi) is 1.73. The fourth-order valence-electron chi connectivity index (χ4n) is 1.67. The summed E-state index contributed by atoms with van der Waals surface area (Å²) in [5, 5.41) is 8.11. The number of hydrogen-bond acceptors (Lipinski definition) is 4. The van der Waals surface area contributed by atoms with Crippen molar-refractivity contribution in [2.24, 2.45) is 5.73 Å². The predicted octanol–water partition coefficient (Wildman–Crippen LogP) is -0.0874. The topological polar surface area (TPSA) is 82.8 Å². The van der Waals surface area contributed by atoms with Crippen molar-refractivity contribution in [3.05, 3.63) is 6.20 Å². The molecule has 66 valence electrons. The molecule has 1 aliphatic rings. The first-order chi connectivity index (χ1) is 5.75. The summed E-state index contributed by atoms with van der Waals surface area (Å²) < 4.78 is 0. The Labute approximate surface area is 70.7 Å². The van der Waals surface area contributed by atoms with Gasteiger partial charge in [0.25, 0.3) is 0 Å². The van der Waals surface area contributed by atoms with Crippen molar-refractivity contribution in [1.82, 2.24) is 15.0 Å². The number of nitrogen functional groups attached to an aromatic ring is 1. The van der Waals surface area contributed by atoms with Crippen molar-refractivity contribution in [2.45, 2.75) is 31.3 Å². The number of nitrogens with zero attached hydrogens (tertiary/aromatic N) is 3. The number of nitrogens with two attached hydrogens (primary N) is 2. The largest absolute Gasteiger partial charge is 0.381 e. The van der Waals surface area contributed by atoms with E-state index in [1.807, 2.05) is 0 Å². The van der Waals surface area contributed by atoms with Crippen LogP contribution in [0.5, 0.6) is 0 Å². The molecule has 0 bridgehead atoms. The average Bonchev–Trinajstić information content (AvgIpc) is 2.58. The van der Waals surface area contributed by atoms with Gasteiger partial charge in [0.2, 0.25) is 0 Å². The number of hydrogen-bond donors (Lipinski definition) is 2. The summed E-state index contributed by atoms with van der Waals surface area (Å²) >= 11 is 0. The minimum Gasteiger partial charge on any atom is -0.381 e. The van der Waals surface area contributed by atoms with Crippen molar-refractivity contribution in [3.8, 4) is 0 Å². The molecule has 1 aromatic rings. The zero-order valence-electron chi connectivity index (χ0n) is 6.85. The normalized spacial score (nSPS) is 29.4. The summed E-state index contributed by atoms with van der Waals surface area (Å²) in [6.07, 6.45) is 4.67. The van der Waals surface area contributed by atoms with Crippen LogP contribution in [0, 0.1) is 0 Å². The Morgan fingerprint density at radius 1 is 1.50 bits per heavy atom. The lowest BCUT2D eigenvalue weighted by Crippen LogP contribution is -2.17. The van der Waals surface area contributed by atoms with Crippen molar-refractivity contribution in [3.63, 3.8) is 0 Å². The van der Waals surface area contributed by atoms with E-state index in [1.165, 1.54) is 0 Å². The third kappa shape index (κ3) is 1.27. The van der Waals surface area contributed by atoms with Crippen molar-refractivity contribution >= 4 is 5.82 Å². The van der Waals surface area contributed by atoms with Crippen LogP contribution in [0.1, 0.15) is 25.3 Å². The molecule has 0 radical (unpaired) electrons. The van der Waals surface area contributed by atoms with Gasteiger partial charge in [-0.15, -0.1) is 5.10 Å². The molecule has 0 amide bonds. The highest BCUT2D eigenvalue weighted by atomic mass is 15.5. The van der Waals surface area contributed by atoms with E-state index in [-0.39, 0.29) is 0 Å². The molecule has 0 spiro atoms. The van der Waals surface area contributed by atoms with Crippen molar-refractivity contribution in [2.75, 3.05) is 5.73 Å². The van der Waals surface area contributed by atoms with Gasteiger partial charge in [-0.3, -0.25) is 0 Å². The maximum Gasteiger partial charge on any atom is 0.165 e. The lowest BCUT2D eigenvalue weighted by atomic mass is 10.2. The van der Waals surface area contributed by atoms with E-state index in [0.29, 0.717) is 17.9 Å². The van der Waals surface area contributed by atoms with E-state index in [4.69, 9.17) is 11.5 Å². The molecule has 2 rings (SSSR count). The van der Waals surface area contributed by atoms with Gasteiger partial charge in [0, 0.05) is 6.04 Å². The molecule has 0 aromatic carbocycles. The van der Waals surface area contributed by atoms with Crippen LogP contribution in [0.15, 0.2) is 6.20 Å². The fraction of sp³-hybridized carbons (Fsp3) is 0.714. The molecule has 4 N–H and O–H groups in total. The fourth-order valence-corrected chi connectivity index (χ4v) is 1.67. The van der Waals surface area contributed by atoms with Gasteiger partial charge in [-0.2, -0.15) is 9.90 Å². The SMILES string of the molecule is Nc1cnn(C2CCC(N)C2)n1. The van der Waals surface area contributed by atoms with E-state index < -0.39 is 0 Å². The molecule has 0 aliphatic heterocycles. The molecule has 1 saturated carbocycles. The first-order valence-corrected chi connectivity index (χ1v) is 4.18. The molecule has 12 heavy (non-hydrogen) atoms. The van der Waals surface area contributed by atoms with Gasteiger partial charge in [-0.1, -0.05) is 0 Å². The minimum atomic E-state index is 0.308. The van der Waals surface area contributed by atoms with E-state index in [2.05, 4.69) is 10.2 Å². The second-order valence-electron chi connectivity index (χ2n) is 3.32. The molecule has 1 heterocycles. The minimum absolute atomic E-state index is 0.308. The molecule has 5 heteroatoms. The average molecular weight is 167 g/mol. The van der Waals surface area contributed by atoms with Gasteiger partial charge in [0.05, 0.1) is 12.2 Å². The maximum atomic E-state index is 5.77. The standard InChI is InChI=1S/C7H13N5/c8-5-1-2-6(3-5)12-10-4-7(9)11-12/h4-6H,1-3,8H2,(H2,9,11). The number of anilines is 1. The van der Waals surface area contributed by atoms with E-state index in [0.717, 1.165) is 19.3 Å². The summed E-state index contributed by atoms with van der Waals surface area (Å²) in [6, 6.07) is 0.666. The third-order valence-corrected chi connectivity index (χ3v) is 2.30. The molecule has 0 saturated heterocycles. The van der Waals surface area contributed by atoms with Gasteiger partial charge < -0.3 is 11.5 Å². The van der Waals surface area contributed by atoms with Crippen molar-refractivity contribution < 1.29 is 0 Å². The molecule has 2 unspecified atom stereocenters. The lowest BCUT2D eigenvalue weighted by molar-refractivity contribution is 0.410. The number of rotatable bonds is 1. The first-order valence-electron chi connectivity index (χ1n) is 4.18. The molecule has 1 aliphatic carbocycles. The highest BCUT2D eigenvalue weighted by Crippen LogP contribution is 2.27. The van der Waals surface area contributed by atoms with E-state index >= 15 is 0 Å². The second kappa shape index (κ2) is 2.75. The van der Waals surface area contributed by atoms with Crippen LogP contribution in [-0.4, -0.2) is 21.0 Å². The second-order valence-corrected chi connectivity index (χ2v) is 3.32. The van der Waals surface area contributed by atoms with Crippen molar-refractivity contribution in [1.29, 1.82) is 0 Å². The zero-order chi connectivity index (χ0) is 8.55. The Hall–Kier alpha value is -1.10. The highest BCUT2D eigenvalue weighted by molar-refractivity contribution is 5.19. The van der Waals surface area contributed by atoms with E-state index in [1.54, 1.807) is 11.0 Å². The summed E-state index contributed by atoms with van der Waals surface area (Å²) in [5.74, 6) is 0.482. The molecule has 1 fully saturated rings. The maximum absolute atomic E-state index is 5.77. The van der Waals surface area contributed by atoms with Gasteiger partial charge in [0.15, 0.2) is 5.82 Å². The van der Waals surface area contributed by atoms with Crippen LogP contribution in [0.3, 0.4) is 0 Å². The molecule has 2 atom stereocenters. The monoisotopic (exact) mass is 167 g/mol. The smallest absolute Gasteiger partial charge is 0.165 e. The van der Waals surface area contributed by atoms with Crippen LogP contribution in [-0.2, 0) is 0 Å². The van der Waals surface area contributed by atoms with Crippen LogP contribution in [0.4, 0.5) is 5.82 Å². The zero-order valence-corrected chi connectivity index (χ0v) is 6.85. The Balaban J connectivity index is 2.11. The van der Waals surface area contributed by atoms with Gasteiger partial charge in [-0.05, 0) is 19.3 Å².